The number of nitrogens with zero attached hydrogens (tertiary/aromatic N) is 2. The number of carboxylic acids is 1. The van der Waals surface area contributed by atoms with E-state index in [2.05, 4.69) is 11.6 Å². The largest absolute Gasteiger partial charge is 0.505 e. The van der Waals surface area contributed by atoms with E-state index in [1.165, 1.54) is 6.07 Å². The molecule has 1 aliphatic rings. The number of hydrogen-bond acceptors (Lipinski definition) is 4. The number of halogens is 1. The maximum absolute atomic E-state index is 15.1. The summed E-state index contributed by atoms with van der Waals surface area (Å²) in [5.41, 5.74) is 3.76. The van der Waals surface area contributed by atoms with Gasteiger partial charge in [0.15, 0.2) is 11.6 Å². The van der Waals surface area contributed by atoms with Crippen molar-refractivity contribution in [2.75, 3.05) is 13.2 Å². The molecule has 0 atom stereocenters. The molecule has 7 heteroatoms. The van der Waals surface area contributed by atoms with Crippen molar-refractivity contribution in [1.29, 1.82) is 0 Å². The maximum Gasteiger partial charge on any atom is 0.329 e. The second-order valence-electron chi connectivity index (χ2n) is 9.40. The first-order valence-corrected chi connectivity index (χ1v) is 12.4. The van der Waals surface area contributed by atoms with E-state index in [0.717, 1.165) is 67.6 Å². The first kappa shape index (κ1) is 24.9. The number of benzene rings is 2. The summed E-state index contributed by atoms with van der Waals surface area (Å²) in [5, 5.41) is 23.9. The van der Waals surface area contributed by atoms with Crippen LogP contribution >= 0.6 is 0 Å². The Labute approximate surface area is 205 Å². The van der Waals surface area contributed by atoms with Crippen LogP contribution in [0.1, 0.15) is 44.7 Å². The summed E-state index contributed by atoms with van der Waals surface area (Å²) in [6, 6.07) is 14.6. The molecule has 1 aliphatic carbocycles. The van der Waals surface area contributed by atoms with Gasteiger partial charge in [-0.15, -0.1) is 0 Å². The molecule has 0 unspecified atom stereocenters. The lowest BCUT2D eigenvalue weighted by molar-refractivity contribution is -0.142. The Kier molecular flexibility index (Phi) is 8.18. The van der Waals surface area contributed by atoms with Crippen molar-refractivity contribution in [3.8, 4) is 28.1 Å². The van der Waals surface area contributed by atoms with Gasteiger partial charge in [0.2, 0.25) is 0 Å². The molecule has 186 valence electrons. The van der Waals surface area contributed by atoms with Crippen LogP contribution < -0.4 is 0 Å². The van der Waals surface area contributed by atoms with E-state index in [9.17, 15) is 9.90 Å². The predicted molar refractivity (Wildman–Crippen MR) is 133 cm³/mol. The smallest absolute Gasteiger partial charge is 0.329 e. The molecule has 1 fully saturated rings. The quantitative estimate of drug-likeness (QED) is 0.376. The van der Waals surface area contributed by atoms with Crippen LogP contribution in [0.3, 0.4) is 0 Å². The molecule has 3 aromatic rings. The van der Waals surface area contributed by atoms with Crippen LogP contribution in [0.25, 0.3) is 22.4 Å². The van der Waals surface area contributed by atoms with Crippen molar-refractivity contribution >= 4 is 5.97 Å². The second kappa shape index (κ2) is 11.5. The third-order valence-electron chi connectivity index (χ3n) is 6.82. The number of hydrogen-bond donors (Lipinski definition) is 2. The highest BCUT2D eigenvalue weighted by molar-refractivity contribution is 5.83. The van der Waals surface area contributed by atoms with Crippen LogP contribution in [-0.4, -0.2) is 39.2 Å². The van der Waals surface area contributed by atoms with E-state index in [4.69, 9.17) is 14.9 Å². The zero-order chi connectivity index (χ0) is 24.8. The molecule has 2 N–H and O–H groups in total. The van der Waals surface area contributed by atoms with Gasteiger partial charge in [-0.3, -0.25) is 4.68 Å². The fraction of sp³-hybridized carbons (Fsp3) is 0.429. The van der Waals surface area contributed by atoms with Crippen LogP contribution in [0.5, 0.6) is 5.75 Å². The molecule has 0 aliphatic heterocycles. The molecule has 0 spiro atoms. The van der Waals surface area contributed by atoms with Crippen LogP contribution in [0, 0.1) is 17.7 Å². The SMILES string of the molecule is CCCc1c(-c2cccc(O)c2F)c(-c2ccccc2)nn1C[C@H]1CC[C@@H](COCC(=O)O)CC1. The summed E-state index contributed by atoms with van der Waals surface area (Å²) in [6.45, 7) is 3.09. The Morgan fingerprint density at radius 3 is 2.49 bits per heavy atom. The topological polar surface area (TPSA) is 84.6 Å². The van der Waals surface area contributed by atoms with Gasteiger partial charge in [0, 0.05) is 28.9 Å². The van der Waals surface area contributed by atoms with Crippen molar-refractivity contribution in [2.24, 2.45) is 11.8 Å². The Balaban J connectivity index is 1.62. The molecular formula is C28H33FN2O4. The molecule has 1 heterocycles. The highest BCUT2D eigenvalue weighted by atomic mass is 19.1. The van der Waals surface area contributed by atoms with E-state index in [-0.39, 0.29) is 12.4 Å². The molecule has 4 rings (SSSR count). The number of rotatable bonds is 10. The van der Waals surface area contributed by atoms with Crippen molar-refractivity contribution in [1.82, 2.24) is 9.78 Å². The zero-order valence-corrected chi connectivity index (χ0v) is 20.1. The molecule has 0 saturated heterocycles. The van der Waals surface area contributed by atoms with E-state index < -0.39 is 11.8 Å². The lowest BCUT2D eigenvalue weighted by Crippen LogP contribution is -2.23. The number of phenols is 1. The first-order chi connectivity index (χ1) is 17.0. The fourth-order valence-corrected chi connectivity index (χ4v) is 5.07. The van der Waals surface area contributed by atoms with Gasteiger partial charge < -0.3 is 14.9 Å². The maximum atomic E-state index is 15.1. The Morgan fingerprint density at radius 2 is 1.80 bits per heavy atom. The van der Waals surface area contributed by atoms with Crippen molar-refractivity contribution in [3.63, 3.8) is 0 Å². The van der Waals surface area contributed by atoms with Crippen LogP contribution in [0.15, 0.2) is 48.5 Å². The lowest BCUT2D eigenvalue weighted by atomic mass is 9.82. The number of ether oxygens (including phenoxy) is 1. The van der Waals surface area contributed by atoms with Crippen molar-refractivity contribution in [3.05, 3.63) is 60.0 Å². The lowest BCUT2D eigenvalue weighted by Gasteiger charge is -2.28. The average Bonchev–Trinajstić information content (AvgIpc) is 3.20. The number of carboxylic acid groups (broad SMARTS) is 1. The first-order valence-electron chi connectivity index (χ1n) is 12.4. The standard InChI is InChI=1S/C28H33FN2O4/c1-2-7-23-26(22-10-6-11-24(32)27(22)29)28(21-8-4-3-5-9-21)30-31(23)16-19-12-14-20(15-13-19)17-35-18-25(33)34/h3-6,8-11,19-20,32H,2,7,12-18H2,1H3,(H,33,34)/t19-,20+. The molecule has 2 aromatic carbocycles. The van der Waals surface area contributed by atoms with E-state index in [0.29, 0.717) is 24.0 Å². The highest BCUT2D eigenvalue weighted by Crippen LogP contribution is 2.39. The summed E-state index contributed by atoms with van der Waals surface area (Å²) in [4.78, 5) is 10.7. The third kappa shape index (κ3) is 5.90. The number of phenolic OH excluding ortho intramolecular Hbond substituents is 1. The van der Waals surface area contributed by atoms with E-state index in [1.54, 1.807) is 12.1 Å². The average molecular weight is 481 g/mol. The molecule has 0 radical (unpaired) electrons. The molecule has 0 amide bonds. The molecular weight excluding hydrogens is 447 g/mol. The van der Waals surface area contributed by atoms with Gasteiger partial charge >= 0.3 is 5.97 Å². The van der Waals surface area contributed by atoms with Gasteiger partial charge in [0.25, 0.3) is 0 Å². The van der Waals surface area contributed by atoms with Gasteiger partial charge in [-0.25, -0.2) is 9.18 Å². The molecule has 1 saturated carbocycles. The van der Waals surface area contributed by atoms with Crippen LogP contribution in [0.2, 0.25) is 0 Å². The zero-order valence-electron chi connectivity index (χ0n) is 20.1. The minimum Gasteiger partial charge on any atom is -0.505 e. The molecule has 1 aromatic heterocycles. The minimum absolute atomic E-state index is 0.246. The molecule has 6 nitrogen and oxygen atoms in total. The van der Waals surface area contributed by atoms with Gasteiger partial charge in [0.1, 0.15) is 12.3 Å². The Bertz CT molecular complexity index is 1140. The predicted octanol–water partition coefficient (Wildman–Crippen LogP) is 5.92. The normalized spacial score (nSPS) is 18.0. The minimum atomic E-state index is -0.936. The van der Waals surface area contributed by atoms with Crippen molar-refractivity contribution in [2.45, 2.75) is 52.0 Å². The van der Waals surface area contributed by atoms with Gasteiger partial charge in [-0.2, -0.15) is 5.10 Å². The monoisotopic (exact) mass is 480 g/mol. The summed E-state index contributed by atoms with van der Waals surface area (Å²) in [7, 11) is 0. The number of aromatic hydroxyl groups is 1. The number of carbonyl (C=O) groups is 1. The van der Waals surface area contributed by atoms with E-state index in [1.807, 2.05) is 30.3 Å². The molecule has 0 bridgehead atoms. The molecule has 35 heavy (non-hydrogen) atoms. The number of aromatic nitrogens is 2. The highest BCUT2D eigenvalue weighted by Gasteiger charge is 2.27. The van der Waals surface area contributed by atoms with Gasteiger partial charge in [-0.05, 0) is 50.0 Å². The third-order valence-corrected chi connectivity index (χ3v) is 6.82. The van der Waals surface area contributed by atoms with Gasteiger partial charge in [0.05, 0.1) is 6.61 Å². The summed E-state index contributed by atoms with van der Waals surface area (Å²) >= 11 is 0. The van der Waals surface area contributed by atoms with E-state index >= 15 is 4.39 Å². The summed E-state index contributed by atoms with van der Waals surface area (Å²) < 4.78 is 22.5. The fourth-order valence-electron chi connectivity index (χ4n) is 5.07. The summed E-state index contributed by atoms with van der Waals surface area (Å²) in [6.07, 6.45) is 5.66. The summed E-state index contributed by atoms with van der Waals surface area (Å²) in [5.74, 6) is -1.10. The second-order valence-corrected chi connectivity index (χ2v) is 9.40. The Morgan fingerprint density at radius 1 is 1.09 bits per heavy atom. The van der Waals surface area contributed by atoms with Crippen LogP contribution in [0.4, 0.5) is 4.39 Å². The number of aliphatic carboxylic acids is 1. The van der Waals surface area contributed by atoms with Crippen molar-refractivity contribution < 1.29 is 24.1 Å². The Hall–Kier alpha value is -3.19. The van der Waals surface area contributed by atoms with Crippen LogP contribution in [-0.2, 0) is 22.5 Å². The van der Waals surface area contributed by atoms with Gasteiger partial charge in [-0.1, -0.05) is 55.8 Å².